The Balaban J connectivity index is 0. The normalized spacial score (nSPS) is 10.7. The Morgan fingerprint density at radius 3 is 1.00 bits per heavy atom. The molecule has 0 nitrogen and oxygen atoms in total. The zero-order chi connectivity index (χ0) is 8.08. The molecule has 3 heteroatoms. The van der Waals surface area contributed by atoms with Crippen LogP contribution in [0, 0.1) is 0 Å². The van der Waals surface area contributed by atoms with E-state index in [2.05, 4.69) is 52.3 Å². The van der Waals surface area contributed by atoms with Crippen LogP contribution >= 0.6 is 0 Å². The molecule has 0 bridgehead atoms. The Hall–Kier alpha value is 1.28. The summed E-state index contributed by atoms with van der Waals surface area (Å²) in [5.74, 6) is 7.00. The summed E-state index contributed by atoms with van der Waals surface area (Å²) in [5, 5.41) is 0. The fraction of sp³-hybridized carbons (Fsp3) is 1.00. The minimum atomic E-state index is -0.736. The molecule has 0 aliphatic carbocycles. The summed E-state index contributed by atoms with van der Waals surface area (Å²) >= 11 is 2.78. The molecule has 0 rings (SSSR count). The van der Waals surface area contributed by atoms with Crippen LogP contribution in [0.5, 0.6) is 0 Å². The van der Waals surface area contributed by atoms with Crippen LogP contribution in [-0.4, -0.2) is 36.4 Å². The summed E-state index contributed by atoms with van der Waals surface area (Å²) in [6.07, 6.45) is 0. The molecule has 0 saturated heterocycles. The molecule has 56 valence electrons. The van der Waals surface area contributed by atoms with E-state index in [1.165, 1.54) is 0 Å². The summed E-state index contributed by atoms with van der Waals surface area (Å²) in [6, 6.07) is 0. The van der Waals surface area contributed by atoms with Crippen molar-refractivity contribution in [1.29, 1.82) is 0 Å². The van der Waals surface area contributed by atoms with Gasteiger partial charge in [0.15, 0.2) is 0 Å². The Kier molecular flexibility index (Phi) is 8.64. The van der Waals surface area contributed by atoms with E-state index in [0.29, 0.717) is 0 Å². The first-order valence-corrected chi connectivity index (χ1v) is 15.5. The van der Waals surface area contributed by atoms with Crippen LogP contribution in [0.2, 0.25) is 36.9 Å². The van der Waals surface area contributed by atoms with Crippen LogP contribution in [0.25, 0.3) is 0 Å². The van der Waals surface area contributed by atoms with Gasteiger partial charge in [-0.05, 0) is 0 Å². The van der Waals surface area contributed by atoms with Crippen molar-refractivity contribution in [3.8, 4) is 0 Å². The summed E-state index contributed by atoms with van der Waals surface area (Å²) in [4.78, 5) is 0. The van der Waals surface area contributed by atoms with Crippen LogP contribution in [0.1, 0.15) is 0 Å². The second-order valence-corrected chi connectivity index (χ2v) is 21.8. The molecule has 0 N–H and O–H groups in total. The molecule has 0 aromatic rings. The fourth-order valence-corrected chi connectivity index (χ4v) is 0. The maximum atomic E-state index is 3.12. The second kappa shape index (κ2) is 6.02. The molecule has 0 saturated carbocycles. The van der Waals surface area contributed by atoms with Crippen molar-refractivity contribution in [1.82, 2.24) is 0 Å². The van der Waals surface area contributed by atoms with Crippen molar-refractivity contribution in [2.75, 3.05) is 0 Å². The first-order valence-electron chi connectivity index (χ1n) is 3.20. The molecule has 0 aliphatic heterocycles. The maximum absolute atomic E-state index is 3.12. The molecule has 0 fully saturated rings. The van der Waals surface area contributed by atoms with Crippen molar-refractivity contribution >= 4 is 36.4 Å². The summed E-state index contributed by atoms with van der Waals surface area (Å²) < 4.78 is 0. The molecule has 2 radical (unpaired) electrons. The number of hydrogen-bond acceptors (Lipinski definition) is 0. The van der Waals surface area contributed by atoms with Gasteiger partial charge >= 0.3 is 73.3 Å². The predicted octanol–water partition coefficient (Wildman–Crippen LogP) is 2.36. The predicted molar refractivity (Wildman–Crippen MR) is 52.4 cm³/mol. The molecule has 0 heterocycles. The van der Waals surface area contributed by atoms with E-state index in [1.807, 2.05) is 0 Å². The van der Waals surface area contributed by atoms with Gasteiger partial charge in [-0.2, -0.15) is 0 Å². The van der Waals surface area contributed by atoms with Gasteiger partial charge in [0.05, 0.1) is 0 Å². The van der Waals surface area contributed by atoms with Gasteiger partial charge in [-0.1, -0.05) is 0 Å². The topological polar surface area (TPSA) is 0 Å². The Labute approximate surface area is 73.2 Å². The van der Waals surface area contributed by atoms with Gasteiger partial charge in [0.1, 0.15) is 0 Å². The van der Waals surface area contributed by atoms with Crippen molar-refractivity contribution in [3.05, 3.63) is 0 Å². The molecule has 0 aliphatic rings. The molecule has 9 heavy (non-hydrogen) atoms. The molecule has 0 amide bonds. The summed E-state index contributed by atoms with van der Waals surface area (Å²) in [5.41, 5.74) is 0. The van der Waals surface area contributed by atoms with E-state index >= 15 is 0 Å². The van der Waals surface area contributed by atoms with E-state index in [4.69, 9.17) is 0 Å². The standard InChI is InChI=1S/C3H9Ge.C3H9SeSi/c1-4(2)3;1-5(2,3)4/h1-3H3;1-3H3. The molecular formula is C6H18GeSeSi. The quantitative estimate of drug-likeness (QED) is 0.593. The van der Waals surface area contributed by atoms with Crippen molar-refractivity contribution in [2.45, 2.75) is 36.9 Å². The van der Waals surface area contributed by atoms with Crippen molar-refractivity contribution < 1.29 is 0 Å². The van der Waals surface area contributed by atoms with Gasteiger partial charge in [0.2, 0.25) is 0 Å². The molecule has 0 atom stereocenters. The van der Waals surface area contributed by atoms with Crippen LogP contribution in [0.3, 0.4) is 0 Å². The van der Waals surface area contributed by atoms with E-state index in [-0.39, 0.29) is 14.3 Å². The van der Waals surface area contributed by atoms with Gasteiger partial charge in [-0.3, -0.25) is 0 Å². The third-order valence-electron chi connectivity index (χ3n) is 0. The van der Waals surface area contributed by atoms with E-state index < -0.39 is 6.68 Å². The van der Waals surface area contributed by atoms with Crippen LogP contribution in [0.15, 0.2) is 0 Å². The molecular weight excluding hydrogens is 252 g/mol. The summed E-state index contributed by atoms with van der Waals surface area (Å²) in [7, 11) is 0. The van der Waals surface area contributed by atoms with E-state index in [1.54, 1.807) is 0 Å². The van der Waals surface area contributed by atoms with Crippen molar-refractivity contribution in [2.24, 2.45) is 0 Å². The van der Waals surface area contributed by atoms with Gasteiger partial charge in [-0.25, -0.2) is 0 Å². The van der Waals surface area contributed by atoms with Crippen LogP contribution in [0.4, 0.5) is 0 Å². The van der Waals surface area contributed by atoms with Gasteiger partial charge in [-0.15, -0.1) is 0 Å². The Morgan fingerprint density at radius 2 is 1.00 bits per heavy atom. The van der Waals surface area contributed by atoms with Gasteiger partial charge in [0, 0.05) is 0 Å². The van der Waals surface area contributed by atoms with Gasteiger partial charge < -0.3 is 0 Å². The second-order valence-electron chi connectivity index (χ2n) is 3.61. The summed E-state index contributed by atoms with van der Waals surface area (Å²) in [6.45, 7) is 6.08. The number of rotatable bonds is 0. The number of hydrogen-bond donors (Lipinski definition) is 0. The molecule has 0 aromatic carbocycles. The first-order chi connectivity index (χ1) is 3.73. The Bertz CT molecular complexity index is 49.8. The first kappa shape index (κ1) is 12.9. The monoisotopic (exact) mass is 272 g/mol. The molecule has 0 spiro atoms. The van der Waals surface area contributed by atoms with E-state index in [9.17, 15) is 0 Å². The third-order valence-corrected chi connectivity index (χ3v) is 0. The minimum absolute atomic E-state index is 0.333. The zero-order valence-electron chi connectivity index (χ0n) is 7.41. The van der Waals surface area contributed by atoms with E-state index in [0.717, 1.165) is 0 Å². The fourth-order valence-electron chi connectivity index (χ4n) is 0. The van der Waals surface area contributed by atoms with Crippen LogP contribution in [-0.2, 0) is 0 Å². The Morgan fingerprint density at radius 1 is 1.00 bits per heavy atom. The zero-order valence-corrected chi connectivity index (χ0v) is 12.2. The molecule has 0 unspecified atom stereocenters. The van der Waals surface area contributed by atoms with Crippen molar-refractivity contribution in [3.63, 3.8) is 0 Å². The average Bonchev–Trinajstić information content (AvgIpc) is 1.19. The molecule has 0 aromatic heterocycles. The SMILES string of the molecule is C[Si](C)(C)[Se].[CH3][Ge]([CH3])[CH3]. The van der Waals surface area contributed by atoms with Crippen LogP contribution < -0.4 is 0 Å². The third kappa shape index (κ3) is 300. The van der Waals surface area contributed by atoms with Gasteiger partial charge in [0.25, 0.3) is 0 Å². The average molecular weight is 270 g/mol.